The van der Waals surface area contributed by atoms with E-state index in [0.29, 0.717) is 11.9 Å². The van der Waals surface area contributed by atoms with Crippen LogP contribution in [0.4, 0.5) is 6.01 Å². The van der Waals surface area contributed by atoms with Crippen molar-refractivity contribution in [1.29, 1.82) is 0 Å². The first-order valence-electron chi connectivity index (χ1n) is 5.32. The van der Waals surface area contributed by atoms with Gasteiger partial charge in [-0.15, -0.1) is 28.0 Å². The van der Waals surface area contributed by atoms with E-state index in [1.54, 1.807) is 11.3 Å². The second kappa shape index (κ2) is 5.06. The molecule has 0 fully saturated rings. The van der Waals surface area contributed by atoms with Crippen LogP contribution in [0.1, 0.15) is 34.2 Å². The summed E-state index contributed by atoms with van der Waals surface area (Å²) in [6.07, 6.45) is 0. The maximum atomic E-state index is 5.60. The molecule has 0 amide bonds. The van der Waals surface area contributed by atoms with Gasteiger partial charge in [-0.2, -0.15) is 0 Å². The minimum atomic E-state index is 0.142. The number of hydrogen-bond acceptors (Lipinski definition) is 5. The quantitative estimate of drug-likeness (QED) is 0.862. The molecule has 2 aromatic rings. The predicted octanol–water partition coefficient (Wildman–Crippen LogP) is 3.66. The highest BCUT2D eigenvalue weighted by atomic mass is 35.5. The molecule has 2 rings (SSSR count). The molecule has 1 atom stereocenters. The lowest BCUT2D eigenvalue weighted by Crippen LogP contribution is -2.06. The summed E-state index contributed by atoms with van der Waals surface area (Å²) in [6, 6.07) is 2.73. The highest BCUT2D eigenvalue weighted by molar-refractivity contribution is 7.12. The first-order chi connectivity index (χ1) is 8.10. The fourth-order valence-corrected chi connectivity index (χ4v) is 2.84. The average Bonchev–Trinajstić information content (AvgIpc) is 2.85. The molecule has 1 N–H and O–H groups in total. The van der Waals surface area contributed by atoms with Crippen LogP contribution in [0.3, 0.4) is 0 Å². The third kappa shape index (κ3) is 2.79. The molecule has 0 radical (unpaired) electrons. The van der Waals surface area contributed by atoms with Crippen molar-refractivity contribution in [1.82, 2.24) is 10.2 Å². The van der Waals surface area contributed by atoms with E-state index < -0.39 is 0 Å². The van der Waals surface area contributed by atoms with Gasteiger partial charge in [0.05, 0.1) is 6.04 Å². The first kappa shape index (κ1) is 12.4. The normalized spacial score (nSPS) is 12.7. The Kier molecular flexibility index (Phi) is 3.69. The van der Waals surface area contributed by atoms with E-state index in [1.807, 2.05) is 0 Å². The second-order valence-electron chi connectivity index (χ2n) is 3.87. The van der Waals surface area contributed by atoms with Gasteiger partial charge in [-0.3, -0.25) is 0 Å². The van der Waals surface area contributed by atoms with Gasteiger partial charge in [0.2, 0.25) is 5.89 Å². The van der Waals surface area contributed by atoms with Crippen molar-refractivity contribution in [3.63, 3.8) is 0 Å². The molecule has 2 aromatic heterocycles. The van der Waals surface area contributed by atoms with Crippen LogP contribution in [0.25, 0.3) is 0 Å². The lowest BCUT2D eigenvalue weighted by Gasteiger charge is -2.11. The molecule has 1 unspecified atom stereocenters. The molecule has 0 spiro atoms. The SMILES string of the molecule is Cc1cc(C(C)Nc2nnc(CCl)o2)c(C)s1. The number of thiophene rings is 1. The summed E-state index contributed by atoms with van der Waals surface area (Å²) < 4.78 is 5.31. The van der Waals surface area contributed by atoms with Gasteiger partial charge in [0.25, 0.3) is 0 Å². The lowest BCUT2D eigenvalue weighted by atomic mass is 10.1. The highest BCUT2D eigenvalue weighted by Gasteiger charge is 2.14. The molecular weight excluding hydrogens is 258 g/mol. The van der Waals surface area contributed by atoms with Gasteiger partial charge in [-0.25, -0.2) is 0 Å². The van der Waals surface area contributed by atoms with Crippen molar-refractivity contribution in [3.8, 4) is 0 Å². The molecule has 6 heteroatoms. The summed E-state index contributed by atoms with van der Waals surface area (Å²) in [7, 11) is 0. The van der Waals surface area contributed by atoms with Crippen molar-refractivity contribution < 1.29 is 4.42 Å². The maximum absolute atomic E-state index is 5.60. The van der Waals surface area contributed by atoms with E-state index in [2.05, 4.69) is 42.4 Å². The van der Waals surface area contributed by atoms with Gasteiger partial charge >= 0.3 is 6.01 Å². The molecule has 4 nitrogen and oxygen atoms in total. The van der Waals surface area contributed by atoms with Crippen molar-refractivity contribution in [3.05, 3.63) is 27.3 Å². The fourth-order valence-electron chi connectivity index (χ4n) is 1.71. The Morgan fingerprint density at radius 3 is 2.76 bits per heavy atom. The predicted molar refractivity (Wildman–Crippen MR) is 69.7 cm³/mol. The number of halogens is 1. The van der Waals surface area contributed by atoms with E-state index in [-0.39, 0.29) is 11.9 Å². The maximum Gasteiger partial charge on any atom is 0.315 e. The monoisotopic (exact) mass is 271 g/mol. The molecule has 0 saturated carbocycles. The number of anilines is 1. The van der Waals surface area contributed by atoms with E-state index in [1.165, 1.54) is 15.3 Å². The fraction of sp³-hybridized carbons (Fsp3) is 0.455. The van der Waals surface area contributed by atoms with Crippen LogP contribution < -0.4 is 5.32 Å². The first-order valence-corrected chi connectivity index (χ1v) is 6.67. The largest absolute Gasteiger partial charge is 0.407 e. The minimum absolute atomic E-state index is 0.142. The molecule has 0 aliphatic rings. The summed E-state index contributed by atoms with van der Waals surface area (Å²) in [5, 5.41) is 10.9. The minimum Gasteiger partial charge on any atom is -0.407 e. The second-order valence-corrected chi connectivity index (χ2v) is 5.60. The van der Waals surface area contributed by atoms with Gasteiger partial charge < -0.3 is 9.73 Å². The molecule has 17 heavy (non-hydrogen) atoms. The number of aromatic nitrogens is 2. The molecule has 0 aliphatic heterocycles. The Morgan fingerprint density at radius 1 is 1.47 bits per heavy atom. The van der Waals surface area contributed by atoms with E-state index in [9.17, 15) is 0 Å². The Morgan fingerprint density at radius 2 is 2.24 bits per heavy atom. The zero-order valence-corrected chi connectivity index (χ0v) is 11.5. The van der Waals surface area contributed by atoms with Crippen molar-refractivity contribution in [2.24, 2.45) is 0 Å². The molecule has 0 aliphatic carbocycles. The third-order valence-electron chi connectivity index (χ3n) is 2.47. The third-order valence-corrected chi connectivity index (χ3v) is 3.68. The number of hydrogen-bond donors (Lipinski definition) is 1. The summed E-state index contributed by atoms with van der Waals surface area (Å²) in [5.41, 5.74) is 1.26. The van der Waals surface area contributed by atoms with Crippen LogP contribution in [0.15, 0.2) is 10.5 Å². The van der Waals surface area contributed by atoms with E-state index in [4.69, 9.17) is 16.0 Å². The van der Waals surface area contributed by atoms with Gasteiger partial charge in [0.1, 0.15) is 5.88 Å². The van der Waals surface area contributed by atoms with Crippen molar-refractivity contribution in [2.45, 2.75) is 32.7 Å². The topological polar surface area (TPSA) is 51.0 Å². The van der Waals surface area contributed by atoms with Crippen LogP contribution >= 0.6 is 22.9 Å². The van der Waals surface area contributed by atoms with Crippen LogP contribution in [0, 0.1) is 13.8 Å². The molecule has 92 valence electrons. The van der Waals surface area contributed by atoms with Crippen LogP contribution in [-0.2, 0) is 5.88 Å². The Bertz CT molecular complexity index is 509. The van der Waals surface area contributed by atoms with Gasteiger partial charge in [-0.1, -0.05) is 5.10 Å². The standard InChI is InChI=1S/C11H14ClN3OS/c1-6-4-9(8(3)17-6)7(2)13-11-15-14-10(5-12)16-11/h4,7H,5H2,1-3H3,(H,13,15). The zero-order valence-electron chi connectivity index (χ0n) is 9.95. The van der Waals surface area contributed by atoms with Crippen LogP contribution in [0.2, 0.25) is 0 Å². The Labute approximate surface area is 109 Å². The average molecular weight is 272 g/mol. The summed E-state index contributed by atoms with van der Waals surface area (Å²) >= 11 is 7.39. The van der Waals surface area contributed by atoms with Crippen molar-refractivity contribution >= 4 is 29.0 Å². The molecule has 2 heterocycles. The molecular formula is C11H14ClN3OS. The number of nitrogens with zero attached hydrogens (tertiary/aromatic N) is 2. The summed E-state index contributed by atoms with van der Waals surface area (Å²) in [5.74, 6) is 0.666. The molecule has 0 saturated heterocycles. The van der Waals surface area contributed by atoms with E-state index >= 15 is 0 Å². The molecule has 0 aromatic carbocycles. The van der Waals surface area contributed by atoms with Crippen LogP contribution in [0.5, 0.6) is 0 Å². The Balaban J connectivity index is 2.11. The summed E-state index contributed by atoms with van der Waals surface area (Å²) in [4.78, 5) is 2.61. The number of nitrogens with one attached hydrogen (secondary N) is 1. The van der Waals surface area contributed by atoms with Crippen LogP contribution in [-0.4, -0.2) is 10.2 Å². The van der Waals surface area contributed by atoms with E-state index in [0.717, 1.165) is 0 Å². The van der Waals surface area contributed by atoms with Gasteiger partial charge in [0, 0.05) is 9.75 Å². The number of aryl methyl sites for hydroxylation is 2. The Hall–Kier alpha value is -1.07. The zero-order chi connectivity index (χ0) is 12.4. The van der Waals surface area contributed by atoms with Gasteiger partial charge in [-0.05, 0) is 32.4 Å². The number of alkyl halides is 1. The highest BCUT2D eigenvalue weighted by Crippen LogP contribution is 2.28. The lowest BCUT2D eigenvalue weighted by molar-refractivity contribution is 0.520. The molecule has 0 bridgehead atoms. The summed E-state index contributed by atoms with van der Waals surface area (Å²) in [6.45, 7) is 6.29. The number of rotatable bonds is 4. The smallest absolute Gasteiger partial charge is 0.315 e. The van der Waals surface area contributed by atoms with Crippen molar-refractivity contribution in [2.75, 3.05) is 5.32 Å². The van der Waals surface area contributed by atoms with Gasteiger partial charge in [0.15, 0.2) is 0 Å².